The Morgan fingerprint density at radius 2 is 1.84 bits per heavy atom. The van der Waals surface area contributed by atoms with Gasteiger partial charge in [0.15, 0.2) is 11.4 Å². The van der Waals surface area contributed by atoms with Crippen molar-refractivity contribution in [1.82, 2.24) is 9.58 Å². The normalized spacial score (nSPS) is 26.2. The first-order valence-electron chi connectivity index (χ1n) is 8.69. The van der Waals surface area contributed by atoms with E-state index in [-0.39, 0.29) is 23.7 Å². The molecule has 1 aromatic heterocycles. The molecule has 0 saturated heterocycles. The molecule has 2 heterocycles. The molecule has 0 spiro atoms. The number of nitrogens with zero attached hydrogens (tertiary/aromatic N) is 2. The van der Waals surface area contributed by atoms with Gasteiger partial charge >= 0.3 is 0 Å². The van der Waals surface area contributed by atoms with Crippen LogP contribution in [0.2, 0.25) is 0 Å². The largest absolute Gasteiger partial charge is 0.482 e. The van der Waals surface area contributed by atoms with E-state index in [0.29, 0.717) is 30.2 Å². The molecule has 25 heavy (non-hydrogen) atoms. The summed E-state index contributed by atoms with van der Waals surface area (Å²) in [7, 11) is 0. The van der Waals surface area contributed by atoms with Crippen LogP contribution in [-0.2, 0) is 6.61 Å². The van der Waals surface area contributed by atoms with Crippen LogP contribution in [0.25, 0.3) is 0 Å². The van der Waals surface area contributed by atoms with E-state index in [1.54, 1.807) is 10.9 Å². The molecule has 1 amide bonds. The second-order valence-electron chi connectivity index (χ2n) is 7.08. The first-order chi connectivity index (χ1) is 12.2. The van der Waals surface area contributed by atoms with Gasteiger partial charge in [-0.15, -0.1) is 0 Å². The number of hydrogen-bond donors (Lipinski definition) is 1. The van der Waals surface area contributed by atoms with Gasteiger partial charge in [0, 0.05) is 18.3 Å². The number of nitrogens with one attached hydrogen (secondary N) is 1. The minimum atomic E-state index is -0.266. The molecular formula is C19H19N3O3. The third kappa shape index (κ3) is 2.17. The summed E-state index contributed by atoms with van der Waals surface area (Å²) in [5, 5.41) is 0. The summed E-state index contributed by atoms with van der Waals surface area (Å²) in [5.74, 6) is 1.28. The van der Waals surface area contributed by atoms with E-state index in [1.807, 2.05) is 35.2 Å². The fourth-order valence-electron chi connectivity index (χ4n) is 4.09. The molecule has 1 N–H and O–H groups in total. The zero-order valence-electron chi connectivity index (χ0n) is 13.7. The van der Waals surface area contributed by atoms with E-state index >= 15 is 0 Å². The number of benzene rings is 1. The van der Waals surface area contributed by atoms with Gasteiger partial charge in [-0.1, -0.05) is 30.3 Å². The summed E-state index contributed by atoms with van der Waals surface area (Å²) in [4.78, 5) is 27.3. The van der Waals surface area contributed by atoms with Gasteiger partial charge in [0.2, 0.25) is 5.43 Å². The second kappa shape index (κ2) is 5.37. The molecule has 128 valence electrons. The highest BCUT2D eigenvalue weighted by molar-refractivity contribution is 5.96. The number of fused-ring (bicyclic) bond motifs is 1. The minimum absolute atomic E-state index is 0.112. The quantitative estimate of drug-likeness (QED) is 0.924. The van der Waals surface area contributed by atoms with Gasteiger partial charge in [-0.25, -0.2) is 0 Å². The predicted molar refractivity (Wildman–Crippen MR) is 91.9 cm³/mol. The van der Waals surface area contributed by atoms with Gasteiger partial charge in [0.25, 0.3) is 5.91 Å². The van der Waals surface area contributed by atoms with Crippen LogP contribution < -0.4 is 15.6 Å². The van der Waals surface area contributed by atoms with Gasteiger partial charge in [-0.3, -0.25) is 14.3 Å². The number of aromatic nitrogens is 1. The standard InChI is InChI=1S/C19H19N3O3/c23-15-6-7-22-17(18(15)25-10-12-4-2-1-3-5-12)19(24)21(11-20-22)16-13-8-14(16)9-13/h1-7,13-14,16,20H,8-11H2. The molecule has 1 aliphatic heterocycles. The van der Waals surface area contributed by atoms with E-state index < -0.39 is 0 Å². The first-order valence-corrected chi connectivity index (χ1v) is 8.69. The molecule has 2 bridgehead atoms. The molecule has 6 nitrogen and oxygen atoms in total. The lowest BCUT2D eigenvalue weighted by Gasteiger charge is -2.62. The zero-order chi connectivity index (χ0) is 17.0. The third-order valence-electron chi connectivity index (χ3n) is 5.69. The second-order valence-corrected chi connectivity index (χ2v) is 7.08. The van der Waals surface area contributed by atoms with Crippen molar-refractivity contribution in [2.24, 2.45) is 11.8 Å². The molecule has 6 rings (SSSR count). The van der Waals surface area contributed by atoms with Gasteiger partial charge in [0.1, 0.15) is 13.3 Å². The van der Waals surface area contributed by atoms with E-state index in [9.17, 15) is 9.59 Å². The van der Waals surface area contributed by atoms with Gasteiger partial charge < -0.3 is 15.1 Å². The van der Waals surface area contributed by atoms with Crippen molar-refractivity contribution in [3.8, 4) is 5.75 Å². The predicted octanol–water partition coefficient (Wildman–Crippen LogP) is 1.79. The van der Waals surface area contributed by atoms with E-state index in [4.69, 9.17) is 4.74 Å². The smallest absolute Gasteiger partial charge is 0.278 e. The lowest BCUT2D eigenvalue weighted by molar-refractivity contribution is -0.0991. The number of carbonyl (C=O) groups is 1. The summed E-state index contributed by atoms with van der Waals surface area (Å²) in [6.45, 7) is 0.736. The van der Waals surface area contributed by atoms with Crippen molar-refractivity contribution < 1.29 is 9.53 Å². The molecule has 0 radical (unpaired) electrons. The van der Waals surface area contributed by atoms with Crippen molar-refractivity contribution in [1.29, 1.82) is 0 Å². The fourth-order valence-corrected chi connectivity index (χ4v) is 4.09. The summed E-state index contributed by atoms with van der Waals surface area (Å²) >= 11 is 0. The average Bonchev–Trinajstić information content (AvgIpc) is 2.55. The minimum Gasteiger partial charge on any atom is -0.482 e. The van der Waals surface area contributed by atoms with Crippen molar-refractivity contribution in [3.05, 3.63) is 64.1 Å². The number of rotatable bonds is 4. The number of amides is 1. The molecule has 4 aliphatic rings. The maximum atomic E-state index is 13.0. The van der Waals surface area contributed by atoms with Crippen LogP contribution in [0.4, 0.5) is 0 Å². The highest BCUT2D eigenvalue weighted by Gasteiger charge is 2.57. The van der Waals surface area contributed by atoms with Gasteiger partial charge in [0.05, 0.1) is 0 Å². The van der Waals surface area contributed by atoms with Crippen LogP contribution in [0.1, 0.15) is 28.9 Å². The molecule has 3 aliphatic carbocycles. The maximum Gasteiger partial charge on any atom is 0.278 e. The Labute approximate surface area is 145 Å². The van der Waals surface area contributed by atoms with E-state index in [1.165, 1.54) is 18.9 Å². The van der Waals surface area contributed by atoms with Crippen molar-refractivity contribution in [3.63, 3.8) is 0 Å². The monoisotopic (exact) mass is 337 g/mol. The Hall–Kier alpha value is -2.76. The molecule has 0 unspecified atom stereocenters. The maximum absolute atomic E-state index is 13.0. The van der Waals surface area contributed by atoms with Gasteiger partial charge in [-0.05, 0) is 30.2 Å². The Balaban J connectivity index is 1.46. The number of pyridine rings is 1. The van der Waals surface area contributed by atoms with Crippen molar-refractivity contribution in [2.45, 2.75) is 25.5 Å². The summed E-state index contributed by atoms with van der Waals surface area (Å²) in [6, 6.07) is 11.4. The Morgan fingerprint density at radius 3 is 2.52 bits per heavy atom. The van der Waals surface area contributed by atoms with Crippen LogP contribution in [0.15, 0.2) is 47.4 Å². The van der Waals surface area contributed by atoms with Crippen LogP contribution in [0.5, 0.6) is 5.75 Å². The molecule has 3 saturated carbocycles. The summed E-state index contributed by atoms with van der Waals surface area (Å²) in [6.07, 6.45) is 4.06. The average molecular weight is 337 g/mol. The Bertz CT molecular complexity index is 879. The number of carbonyl (C=O) groups excluding carboxylic acids is 1. The van der Waals surface area contributed by atoms with Gasteiger partial charge in [-0.2, -0.15) is 0 Å². The van der Waals surface area contributed by atoms with E-state index in [0.717, 1.165) is 5.56 Å². The third-order valence-corrected chi connectivity index (χ3v) is 5.69. The highest BCUT2D eigenvalue weighted by atomic mass is 16.5. The Kier molecular flexibility index (Phi) is 3.13. The summed E-state index contributed by atoms with van der Waals surface area (Å²) < 4.78 is 7.40. The molecular weight excluding hydrogens is 318 g/mol. The summed E-state index contributed by atoms with van der Waals surface area (Å²) in [5.41, 5.74) is 4.20. The van der Waals surface area contributed by atoms with E-state index in [2.05, 4.69) is 5.43 Å². The lowest BCUT2D eigenvalue weighted by Crippen LogP contribution is -2.67. The SMILES string of the molecule is O=C1c2c(OCc3ccccc3)c(=O)ccn2NCN1C1C2CC1C2. The van der Waals surface area contributed by atoms with Crippen molar-refractivity contribution in [2.75, 3.05) is 12.1 Å². The van der Waals surface area contributed by atoms with Crippen LogP contribution in [-0.4, -0.2) is 28.2 Å². The molecule has 0 atom stereocenters. The van der Waals surface area contributed by atoms with Crippen LogP contribution >= 0.6 is 0 Å². The van der Waals surface area contributed by atoms with Crippen molar-refractivity contribution >= 4 is 5.91 Å². The number of hydrogen-bond acceptors (Lipinski definition) is 4. The zero-order valence-corrected chi connectivity index (χ0v) is 13.7. The molecule has 1 aromatic carbocycles. The van der Waals surface area contributed by atoms with Crippen LogP contribution in [0.3, 0.4) is 0 Å². The van der Waals surface area contributed by atoms with Crippen LogP contribution in [0, 0.1) is 11.8 Å². The lowest BCUT2D eigenvalue weighted by atomic mass is 9.51. The topological polar surface area (TPSA) is 63.6 Å². The number of ether oxygens (including phenoxy) is 1. The Morgan fingerprint density at radius 1 is 1.08 bits per heavy atom. The highest BCUT2D eigenvalue weighted by Crippen LogP contribution is 2.56. The first kappa shape index (κ1) is 14.6. The molecule has 3 fully saturated rings. The molecule has 2 aromatic rings. The molecule has 6 heteroatoms. The fraction of sp³-hybridized carbons (Fsp3) is 0.368.